The number of benzene rings is 1. The third-order valence-electron chi connectivity index (χ3n) is 3.44. The molecule has 1 aromatic carbocycles. The molecule has 2 fully saturated rings. The Morgan fingerprint density at radius 2 is 2.07 bits per heavy atom. The first-order valence-electron chi connectivity index (χ1n) is 5.67. The van der Waals surface area contributed by atoms with Crippen LogP contribution in [0, 0.1) is 5.82 Å². The van der Waals surface area contributed by atoms with Gasteiger partial charge in [-0.05, 0) is 48.8 Å². The lowest BCUT2D eigenvalue weighted by Gasteiger charge is -2.09. The van der Waals surface area contributed by atoms with Crippen LogP contribution in [-0.2, 0) is 6.42 Å². The van der Waals surface area contributed by atoms with Crippen molar-refractivity contribution >= 4 is 0 Å². The molecule has 2 aliphatic rings. The maximum absolute atomic E-state index is 13.7. The average molecular weight is 206 g/mol. The summed E-state index contributed by atoms with van der Waals surface area (Å²) in [5.41, 5.74) is 1.27. The molecule has 1 aromatic rings. The summed E-state index contributed by atoms with van der Waals surface area (Å²) in [4.78, 5) is 0. The third kappa shape index (κ3) is 1.91. The number of rotatable bonds is 3. The Morgan fingerprint density at radius 1 is 1.33 bits per heavy atom. The molecule has 0 heterocycles. The summed E-state index contributed by atoms with van der Waals surface area (Å²) < 4.78 is 13.7. The van der Waals surface area contributed by atoms with Crippen molar-refractivity contribution in [3.63, 3.8) is 0 Å². The van der Waals surface area contributed by atoms with Gasteiger partial charge in [0, 0.05) is 6.42 Å². The fourth-order valence-electron chi connectivity index (χ4n) is 2.11. The Morgan fingerprint density at radius 3 is 2.60 bits per heavy atom. The maximum atomic E-state index is 13.7. The van der Waals surface area contributed by atoms with E-state index < -0.39 is 5.60 Å². The van der Waals surface area contributed by atoms with Crippen molar-refractivity contribution in [2.75, 3.05) is 0 Å². The van der Waals surface area contributed by atoms with Crippen molar-refractivity contribution in [2.45, 2.75) is 43.6 Å². The van der Waals surface area contributed by atoms with E-state index in [2.05, 4.69) is 0 Å². The first-order chi connectivity index (χ1) is 7.16. The maximum Gasteiger partial charge on any atom is 0.126 e. The van der Waals surface area contributed by atoms with Crippen LogP contribution in [-0.4, -0.2) is 10.7 Å². The normalized spacial score (nSPS) is 22.8. The SMILES string of the molecule is OC1(Cc2ccc(C3CC3)c(F)c2)CC1. The highest BCUT2D eigenvalue weighted by atomic mass is 19.1. The lowest BCUT2D eigenvalue weighted by atomic mass is 10.0. The zero-order valence-electron chi connectivity index (χ0n) is 8.67. The van der Waals surface area contributed by atoms with Gasteiger partial charge >= 0.3 is 0 Å². The van der Waals surface area contributed by atoms with E-state index in [-0.39, 0.29) is 5.82 Å². The minimum Gasteiger partial charge on any atom is -0.390 e. The van der Waals surface area contributed by atoms with Gasteiger partial charge in [-0.3, -0.25) is 0 Å². The Labute approximate surface area is 88.9 Å². The molecule has 15 heavy (non-hydrogen) atoms. The first kappa shape index (κ1) is 9.34. The molecule has 0 saturated heterocycles. The summed E-state index contributed by atoms with van der Waals surface area (Å²) in [6.45, 7) is 0. The summed E-state index contributed by atoms with van der Waals surface area (Å²) in [7, 11) is 0. The highest BCUT2D eigenvalue weighted by molar-refractivity contribution is 5.31. The van der Waals surface area contributed by atoms with Crippen LogP contribution in [0.25, 0.3) is 0 Å². The molecular formula is C13H15FO. The molecule has 2 aliphatic carbocycles. The van der Waals surface area contributed by atoms with Crippen molar-refractivity contribution in [3.05, 3.63) is 35.1 Å². The Bertz CT molecular complexity index is 392. The zero-order valence-corrected chi connectivity index (χ0v) is 8.67. The second-order valence-electron chi connectivity index (χ2n) is 5.03. The molecule has 1 nitrogen and oxygen atoms in total. The van der Waals surface area contributed by atoms with Gasteiger partial charge in [0.1, 0.15) is 5.82 Å². The highest BCUT2D eigenvalue weighted by Crippen LogP contribution is 2.42. The quantitative estimate of drug-likeness (QED) is 0.806. The van der Waals surface area contributed by atoms with E-state index >= 15 is 0 Å². The second kappa shape index (κ2) is 3.05. The topological polar surface area (TPSA) is 20.2 Å². The van der Waals surface area contributed by atoms with E-state index in [4.69, 9.17) is 0 Å². The fraction of sp³-hybridized carbons (Fsp3) is 0.538. The van der Waals surface area contributed by atoms with Crippen LogP contribution in [0.15, 0.2) is 18.2 Å². The molecule has 0 aliphatic heterocycles. The molecule has 0 radical (unpaired) electrons. The molecule has 2 heteroatoms. The van der Waals surface area contributed by atoms with Crippen LogP contribution in [0.1, 0.15) is 42.7 Å². The van der Waals surface area contributed by atoms with Crippen LogP contribution >= 0.6 is 0 Å². The number of hydrogen-bond donors (Lipinski definition) is 1. The summed E-state index contributed by atoms with van der Waals surface area (Å²) in [5.74, 6) is 0.377. The van der Waals surface area contributed by atoms with Gasteiger partial charge in [-0.1, -0.05) is 12.1 Å². The van der Waals surface area contributed by atoms with Crippen LogP contribution in [0.4, 0.5) is 4.39 Å². The van der Waals surface area contributed by atoms with Crippen molar-refractivity contribution < 1.29 is 9.50 Å². The van der Waals surface area contributed by atoms with E-state index in [9.17, 15) is 9.50 Å². The molecule has 0 aromatic heterocycles. The van der Waals surface area contributed by atoms with Gasteiger partial charge in [0.25, 0.3) is 0 Å². The molecule has 0 atom stereocenters. The lowest BCUT2D eigenvalue weighted by Crippen LogP contribution is -2.10. The predicted octanol–water partition coefficient (Wildman–Crippen LogP) is 2.77. The minimum atomic E-state index is -0.520. The van der Waals surface area contributed by atoms with Gasteiger partial charge in [0.2, 0.25) is 0 Å². The summed E-state index contributed by atoms with van der Waals surface area (Å²) in [6, 6.07) is 5.46. The molecule has 0 bridgehead atoms. The minimum absolute atomic E-state index is 0.0840. The van der Waals surface area contributed by atoms with E-state index in [1.165, 1.54) is 0 Å². The molecule has 80 valence electrons. The average Bonchev–Trinajstić information content (AvgIpc) is 3.03. The van der Waals surface area contributed by atoms with Crippen molar-refractivity contribution in [1.29, 1.82) is 0 Å². The Hall–Kier alpha value is -0.890. The summed E-state index contributed by atoms with van der Waals surface area (Å²) in [5, 5.41) is 9.74. The fourth-order valence-corrected chi connectivity index (χ4v) is 2.11. The van der Waals surface area contributed by atoms with Crippen molar-refractivity contribution in [3.8, 4) is 0 Å². The molecule has 2 saturated carbocycles. The number of hydrogen-bond acceptors (Lipinski definition) is 1. The monoisotopic (exact) mass is 206 g/mol. The molecule has 3 rings (SSSR count). The predicted molar refractivity (Wildman–Crippen MR) is 56.3 cm³/mol. The van der Waals surface area contributed by atoms with Crippen LogP contribution in [0.2, 0.25) is 0 Å². The second-order valence-corrected chi connectivity index (χ2v) is 5.03. The van der Waals surface area contributed by atoms with Gasteiger partial charge in [0.15, 0.2) is 0 Å². The van der Waals surface area contributed by atoms with Gasteiger partial charge in [0.05, 0.1) is 5.60 Å². The van der Waals surface area contributed by atoms with Gasteiger partial charge in [-0.2, -0.15) is 0 Å². The van der Waals surface area contributed by atoms with E-state index in [1.54, 1.807) is 6.07 Å². The van der Waals surface area contributed by atoms with Crippen LogP contribution in [0.5, 0.6) is 0 Å². The highest BCUT2D eigenvalue weighted by Gasteiger charge is 2.40. The van der Waals surface area contributed by atoms with E-state index in [1.807, 2.05) is 12.1 Å². The zero-order chi connectivity index (χ0) is 10.5. The van der Waals surface area contributed by atoms with E-state index in [0.717, 1.165) is 36.8 Å². The molecular weight excluding hydrogens is 191 g/mol. The van der Waals surface area contributed by atoms with Crippen LogP contribution < -0.4 is 0 Å². The smallest absolute Gasteiger partial charge is 0.126 e. The lowest BCUT2D eigenvalue weighted by molar-refractivity contribution is 0.151. The Balaban J connectivity index is 1.81. The molecule has 0 amide bonds. The summed E-state index contributed by atoms with van der Waals surface area (Å²) in [6.07, 6.45) is 4.58. The standard InChI is InChI=1S/C13H15FO/c14-12-7-9(8-13(15)5-6-13)1-4-11(12)10-2-3-10/h1,4,7,10,15H,2-3,5-6,8H2. The Kier molecular flexibility index (Phi) is 1.90. The largest absolute Gasteiger partial charge is 0.390 e. The van der Waals surface area contributed by atoms with Gasteiger partial charge < -0.3 is 5.11 Å². The molecule has 0 unspecified atom stereocenters. The van der Waals surface area contributed by atoms with Crippen molar-refractivity contribution in [2.24, 2.45) is 0 Å². The molecule has 1 N–H and O–H groups in total. The third-order valence-corrected chi connectivity index (χ3v) is 3.44. The first-order valence-corrected chi connectivity index (χ1v) is 5.67. The van der Waals surface area contributed by atoms with Gasteiger partial charge in [-0.25, -0.2) is 4.39 Å². The van der Waals surface area contributed by atoms with Gasteiger partial charge in [-0.15, -0.1) is 0 Å². The van der Waals surface area contributed by atoms with Crippen molar-refractivity contribution in [1.82, 2.24) is 0 Å². The summed E-state index contributed by atoms with van der Waals surface area (Å²) >= 11 is 0. The number of halogens is 1. The van der Waals surface area contributed by atoms with Crippen LogP contribution in [0.3, 0.4) is 0 Å². The molecule has 0 spiro atoms. The number of aliphatic hydroxyl groups is 1. The van der Waals surface area contributed by atoms with E-state index in [0.29, 0.717) is 12.3 Å².